The van der Waals surface area contributed by atoms with E-state index in [1.165, 1.54) is 56.9 Å². The van der Waals surface area contributed by atoms with Crippen molar-refractivity contribution in [2.45, 2.75) is 84.0 Å². The van der Waals surface area contributed by atoms with Gasteiger partial charge < -0.3 is 4.74 Å². The first kappa shape index (κ1) is 20.9. The summed E-state index contributed by atoms with van der Waals surface area (Å²) in [6.07, 6.45) is 16.6. The molecule has 0 saturated heterocycles. The summed E-state index contributed by atoms with van der Waals surface area (Å²) in [6.45, 7) is 2.70. The predicted molar refractivity (Wildman–Crippen MR) is 114 cm³/mol. The second-order valence-corrected chi connectivity index (χ2v) is 9.71. The zero-order chi connectivity index (χ0) is 20.2. The maximum absolute atomic E-state index is 14.4. The molecule has 3 heteroatoms. The average molecular weight is 403 g/mol. The lowest BCUT2D eigenvalue weighted by atomic mass is 9.71. The smallest absolute Gasteiger partial charge is 0.200 e. The molecule has 2 saturated carbocycles. The van der Waals surface area contributed by atoms with Crippen LogP contribution in [0.5, 0.6) is 5.75 Å². The van der Waals surface area contributed by atoms with E-state index >= 15 is 0 Å². The van der Waals surface area contributed by atoms with Gasteiger partial charge in [-0.3, -0.25) is 0 Å². The van der Waals surface area contributed by atoms with Crippen LogP contribution in [-0.4, -0.2) is 6.61 Å². The fourth-order valence-electron chi connectivity index (χ4n) is 5.35. The zero-order valence-electron chi connectivity index (χ0n) is 17.9. The molecule has 0 radical (unpaired) electrons. The van der Waals surface area contributed by atoms with E-state index in [1.807, 2.05) is 0 Å². The Morgan fingerprint density at radius 1 is 0.897 bits per heavy atom. The van der Waals surface area contributed by atoms with Gasteiger partial charge >= 0.3 is 0 Å². The van der Waals surface area contributed by atoms with Crippen molar-refractivity contribution in [2.75, 3.05) is 6.61 Å². The molecule has 1 atom stereocenters. The summed E-state index contributed by atoms with van der Waals surface area (Å²) in [4.78, 5) is 0. The number of aryl methyl sites for hydroxylation is 1. The van der Waals surface area contributed by atoms with Crippen molar-refractivity contribution >= 4 is 0 Å². The van der Waals surface area contributed by atoms with E-state index in [2.05, 4.69) is 13.0 Å². The SMILES string of the molecule is CCC1CCC(C2CC=C(COc3ccc(CCC4CC4)c(F)c3F)CC2)CC1. The highest BCUT2D eigenvalue weighted by Crippen LogP contribution is 2.40. The molecular formula is C26H36F2O. The van der Waals surface area contributed by atoms with Gasteiger partial charge in [-0.15, -0.1) is 0 Å². The molecule has 0 amide bonds. The number of allylic oxidation sites excluding steroid dienone is 1. The quantitative estimate of drug-likeness (QED) is 0.406. The largest absolute Gasteiger partial charge is 0.486 e. The summed E-state index contributed by atoms with van der Waals surface area (Å²) in [5.41, 5.74) is 1.72. The van der Waals surface area contributed by atoms with Crippen molar-refractivity contribution in [3.63, 3.8) is 0 Å². The molecular weight excluding hydrogens is 366 g/mol. The molecule has 0 N–H and O–H groups in total. The van der Waals surface area contributed by atoms with Gasteiger partial charge in [0.05, 0.1) is 0 Å². The van der Waals surface area contributed by atoms with Gasteiger partial charge in [-0.05, 0) is 85.8 Å². The van der Waals surface area contributed by atoms with E-state index in [1.54, 1.807) is 12.1 Å². The van der Waals surface area contributed by atoms with Crippen LogP contribution in [0, 0.1) is 35.3 Å². The number of halogens is 2. The van der Waals surface area contributed by atoms with Gasteiger partial charge in [0.15, 0.2) is 11.6 Å². The summed E-state index contributed by atoms with van der Waals surface area (Å²) in [5, 5.41) is 0. The number of hydrogen-bond acceptors (Lipinski definition) is 1. The Labute approximate surface area is 174 Å². The van der Waals surface area contributed by atoms with Crippen LogP contribution in [0.2, 0.25) is 0 Å². The molecule has 0 heterocycles. The minimum atomic E-state index is -0.819. The van der Waals surface area contributed by atoms with Gasteiger partial charge in [0.25, 0.3) is 0 Å². The second-order valence-electron chi connectivity index (χ2n) is 9.71. The lowest BCUT2D eigenvalue weighted by molar-refractivity contribution is 0.187. The molecule has 3 aliphatic carbocycles. The third-order valence-electron chi connectivity index (χ3n) is 7.74. The Kier molecular flexibility index (Phi) is 6.92. The van der Waals surface area contributed by atoms with Crippen LogP contribution < -0.4 is 4.74 Å². The second kappa shape index (κ2) is 9.62. The minimum Gasteiger partial charge on any atom is -0.486 e. The summed E-state index contributed by atoms with van der Waals surface area (Å²) < 4.78 is 34.4. The standard InChI is InChI=1S/C26H36F2O/c1-2-18-5-10-21(11-6-18)22-12-8-20(9-13-22)17-29-24-16-15-23(25(27)26(24)28)14-7-19-3-4-19/h8,15-16,18-19,21-22H,2-7,9-14,17H2,1H3. The van der Waals surface area contributed by atoms with Gasteiger partial charge in [-0.2, -0.15) is 4.39 Å². The maximum atomic E-state index is 14.4. The van der Waals surface area contributed by atoms with E-state index in [9.17, 15) is 8.78 Å². The van der Waals surface area contributed by atoms with Crippen molar-refractivity contribution in [3.05, 3.63) is 41.0 Å². The molecule has 2 fully saturated rings. The molecule has 0 spiro atoms. The normalized spacial score (nSPS) is 27.6. The van der Waals surface area contributed by atoms with Gasteiger partial charge in [-0.1, -0.05) is 51.2 Å². The number of benzene rings is 1. The predicted octanol–water partition coefficient (Wildman–Crippen LogP) is 7.63. The van der Waals surface area contributed by atoms with Gasteiger partial charge in [0.2, 0.25) is 5.82 Å². The molecule has 4 rings (SSSR count). The van der Waals surface area contributed by atoms with Crippen LogP contribution in [0.15, 0.2) is 23.8 Å². The summed E-state index contributed by atoms with van der Waals surface area (Å²) >= 11 is 0. The molecule has 160 valence electrons. The van der Waals surface area contributed by atoms with E-state index in [0.29, 0.717) is 18.6 Å². The average Bonchev–Trinajstić information content (AvgIpc) is 3.59. The molecule has 1 nitrogen and oxygen atoms in total. The molecule has 1 aromatic carbocycles. The molecule has 0 bridgehead atoms. The highest BCUT2D eigenvalue weighted by molar-refractivity contribution is 5.31. The zero-order valence-corrected chi connectivity index (χ0v) is 17.9. The third-order valence-corrected chi connectivity index (χ3v) is 7.74. The number of ether oxygens (including phenoxy) is 1. The number of hydrogen-bond donors (Lipinski definition) is 0. The van der Waals surface area contributed by atoms with Gasteiger partial charge in [-0.25, -0.2) is 4.39 Å². The van der Waals surface area contributed by atoms with Gasteiger partial charge in [0.1, 0.15) is 6.61 Å². The third kappa shape index (κ3) is 5.41. The first-order chi connectivity index (χ1) is 14.1. The Balaban J connectivity index is 1.26. The monoisotopic (exact) mass is 402 g/mol. The van der Waals surface area contributed by atoms with Crippen molar-refractivity contribution in [1.29, 1.82) is 0 Å². The fraction of sp³-hybridized carbons (Fsp3) is 0.692. The fourth-order valence-corrected chi connectivity index (χ4v) is 5.35. The molecule has 1 aromatic rings. The van der Waals surface area contributed by atoms with Crippen LogP contribution in [-0.2, 0) is 6.42 Å². The Morgan fingerprint density at radius 2 is 1.66 bits per heavy atom. The molecule has 29 heavy (non-hydrogen) atoms. The van der Waals surface area contributed by atoms with Crippen molar-refractivity contribution < 1.29 is 13.5 Å². The van der Waals surface area contributed by atoms with E-state index in [-0.39, 0.29) is 5.75 Å². The molecule has 0 aromatic heterocycles. The molecule has 3 aliphatic rings. The Morgan fingerprint density at radius 3 is 2.31 bits per heavy atom. The lowest BCUT2D eigenvalue weighted by Gasteiger charge is -2.35. The van der Waals surface area contributed by atoms with Crippen LogP contribution in [0.25, 0.3) is 0 Å². The highest BCUT2D eigenvalue weighted by atomic mass is 19.2. The first-order valence-electron chi connectivity index (χ1n) is 11.9. The van der Waals surface area contributed by atoms with Crippen LogP contribution >= 0.6 is 0 Å². The first-order valence-corrected chi connectivity index (χ1v) is 11.9. The lowest BCUT2D eigenvalue weighted by Crippen LogP contribution is -2.23. The topological polar surface area (TPSA) is 9.23 Å². The van der Waals surface area contributed by atoms with Crippen molar-refractivity contribution in [3.8, 4) is 5.75 Å². The maximum Gasteiger partial charge on any atom is 0.200 e. The Bertz CT molecular complexity index is 714. The van der Waals surface area contributed by atoms with Crippen molar-refractivity contribution in [2.24, 2.45) is 23.7 Å². The van der Waals surface area contributed by atoms with E-state index < -0.39 is 11.6 Å². The number of rotatable bonds is 8. The molecule has 1 unspecified atom stereocenters. The molecule has 0 aliphatic heterocycles. The highest BCUT2D eigenvalue weighted by Gasteiger charge is 2.28. The summed E-state index contributed by atoms with van der Waals surface area (Å²) in [6, 6.07) is 3.31. The van der Waals surface area contributed by atoms with E-state index in [4.69, 9.17) is 4.74 Å². The summed E-state index contributed by atoms with van der Waals surface area (Å²) in [5.74, 6) is 1.87. The minimum absolute atomic E-state index is 0.0542. The van der Waals surface area contributed by atoms with Crippen molar-refractivity contribution in [1.82, 2.24) is 0 Å². The van der Waals surface area contributed by atoms with Crippen LogP contribution in [0.1, 0.15) is 83.1 Å². The summed E-state index contributed by atoms with van der Waals surface area (Å²) in [7, 11) is 0. The van der Waals surface area contributed by atoms with Crippen LogP contribution in [0.4, 0.5) is 8.78 Å². The van der Waals surface area contributed by atoms with Crippen LogP contribution in [0.3, 0.4) is 0 Å². The Hall–Kier alpha value is -1.38. The van der Waals surface area contributed by atoms with Gasteiger partial charge in [0, 0.05) is 0 Å². The van der Waals surface area contributed by atoms with E-state index in [0.717, 1.165) is 42.9 Å².